The van der Waals surface area contributed by atoms with Gasteiger partial charge in [0.1, 0.15) is 0 Å². The van der Waals surface area contributed by atoms with Crippen LogP contribution in [0.25, 0.3) is 0 Å². The zero-order valence-electron chi connectivity index (χ0n) is 6.84. The summed E-state index contributed by atoms with van der Waals surface area (Å²) in [5.74, 6) is 0.956. The summed E-state index contributed by atoms with van der Waals surface area (Å²) in [4.78, 5) is 4.00. The number of hydrogen-bond donors (Lipinski definition) is 0. The largest absolute Gasteiger partial charge is 0.301 e. The van der Waals surface area contributed by atoms with E-state index >= 15 is 0 Å². The van der Waals surface area contributed by atoms with Gasteiger partial charge in [0, 0.05) is 7.05 Å². The molecule has 1 aliphatic carbocycles. The summed E-state index contributed by atoms with van der Waals surface area (Å²) in [6, 6.07) is 0. The second-order valence-electron chi connectivity index (χ2n) is 3.18. The normalized spacial score (nSPS) is 22.1. The summed E-state index contributed by atoms with van der Waals surface area (Å²) in [6.07, 6.45) is 10.5. The summed E-state index contributed by atoms with van der Waals surface area (Å²) < 4.78 is 0. The zero-order valence-corrected chi connectivity index (χ0v) is 6.84. The highest BCUT2D eigenvalue weighted by atomic mass is 14.6. The lowest BCUT2D eigenvalue weighted by molar-refractivity contribution is 0.370. The van der Waals surface area contributed by atoms with Crippen molar-refractivity contribution < 1.29 is 0 Å². The lowest BCUT2D eigenvalue weighted by Gasteiger charge is -2.19. The van der Waals surface area contributed by atoms with Crippen molar-refractivity contribution in [3.8, 4) is 0 Å². The molecule has 0 bridgehead atoms. The van der Waals surface area contributed by atoms with Gasteiger partial charge in [0.05, 0.1) is 0 Å². The molecule has 0 aromatic heterocycles. The van der Waals surface area contributed by atoms with E-state index in [0.717, 1.165) is 5.92 Å². The van der Waals surface area contributed by atoms with Gasteiger partial charge in [0.25, 0.3) is 0 Å². The Balaban J connectivity index is 2.13. The van der Waals surface area contributed by atoms with Gasteiger partial charge in [0.15, 0.2) is 0 Å². The minimum Gasteiger partial charge on any atom is -0.301 e. The van der Waals surface area contributed by atoms with Gasteiger partial charge in [-0.3, -0.25) is 0 Å². The molecule has 0 radical (unpaired) electrons. The predicted molar refractivity (Wildman–Crippen MR) is 45.6 cm³/mol. The van der Waals surface area contributed by atoms with Gasteiger partial charge < -0.3 is 4.99 Å². The van der Waals surface area contributed by atoms with Crippen LogP contribution in [-0.2, 0) is 0 Å². The van der Waals surface area contributed by atoms with Crippen LogP contribution in [0.15, 0.2) is 4.99 Å². The molecular weight excluding hydrogens is 122 g/mol. The third-order valence-corrected chi connectivity index (χ3v) is 2.35. The molecule has 0 atom stereocenters. The van der Waals surface area contributed by atoms with Gasteiger partial charge in [0.2, 0.25) is 0 Å². The molecule has 1 heteroatoms. The van der Waals surface area contributed by atoms with E-state index in [2.05, 4.69) is 11.2 Å². The fourth-order valence-corrected chi connectivity index (χ4v) is 1.68. The number of aliphatic imine (C=N–C) groups is 1. The van der Waals surface area contributed by atoms with E-state index in [-0.39, 0.29) is 0 Å². The van der Waals surface area contributed by atoms with Gasteiger partial charge in [-0.25, -0.2) is 0 Å². The molecular formula is C9H17N. The molecule has 1 saturated carbocycles. The third-order valence-electron chi connectivity index (χ3n) is 2.35. The first kappa shape index (κ1) is 7.77. The lowest BCUT2D eigenvalue weighted by Crippen LogP contribution is -2.06. The van der Waals surface area contributed by atoms with Gasteiger partial charge in [-0.2, -0.15) is 0 Å². The molecule has 1 fully saturated rings. The van der Waals surface area contributed by atoms with Crippen LogP contribution < -0.4 is 0 Å². The van der Waals surface area contributed by atoms with Crippen LogP contribution in [0.3, 0.4) is 0 Å². The highest BCUT2D eigenvalue weighted by molar-refractivity contribution is 5.57. The van der Waals surface area contributed by atoms with Gasteiger partial charge in [-0.15, -0.1) is 0 Å². The summed E-state index contributed by atoms with van der Waals surface area (Å²) in [7, 11) is 1.86. The fourth-order valence-electron chi connectivity index (χ4n) is 1.68. The van der Waals surface area contributed by atoms with Crippen molar-refractivity contribution in [2.24, 2.45) is 10.9 Å². The third kappa shape index (κ3) is 2.51. The molecule has 0 N–H and O–H groups in total. The first-order valence-corrected chi connectivity index (χ1v) is 4.34. The smallest absolute Gasteiger partial charge is 0.0273 e. The van der Waals surface area contributed by atoms with Crippen LogP contribution >= 0.6 is 0 Å². The molecule has 1 rings (SSSR count). The van der Waals surface area contributed by atoms with Gasteiger partial charge >= 0.3 is 0 Å². The summed E-state index contributed by atoms with van der Waals surface area (Å²) in [5, 5.41) is 0. The zero-order chi connectivity index (χ0) is 7.23. The highest BCUT2D eigenvalue weighted by Gasteiger charge is 2.10. The number of hydrogen-bond acceptors (Lipinski definition) is 1. The summed E-state index contributed by atoms with van der Waals surface area (Å²) in [6.45, 7) is 0. The summed E-state index contributed by atoms with van der Waals surface area (Å²) in [5.41, 5.74) is 0. The highest BCUT2D eigenvalue weighted by Crippen LogP contribution is 2.25. The second kappa shape index (κ2) is 4.48. The van der Waals surface area contributed by atoms with Crippen molar-refractivity contribution in [1.82, 2.24) is 0 Å². The van der Waals surface area contributed by atoms with Crippen LogP contribution in [0, 0.1) is 5.92 Å². The quantitative estimate of drug-likeness (QED) is 0.521. The Morgan fingerprint density at radius 2 is 2.00 bits per heavy atom. The Morgan fingerprint density at radius 1 is 1.30 bits per heavy atom. The average Bonchev–Trinajstić information content (AvgIpc) is 2.03. The van der Waals surface area contributed by atoms with Gasteiger partial charge in [-0.05, 0) is 18.6 Å². The van der Waals surface area contributed by atoms with E-state index in [0.29, 0.717) is 0 Å². The van der Waals surface area contributed by atoms with E-state index in [1.165, 1.54) is 38.5 Å². The van der Waals surface area contributed by atoms with Crippen molar-refractivity contribution >= 4 is 6.21 Å². The molecule has 0 heterocycles. The number of rotatable bonds is 2. The first-order valence-electron chi connectivity index (χ1n) is 4.34. The minimum atomic E-state index is 0.956. The van der Waals surface area contributed by atoms with Crippen molar-refractivity contribution in [1.29, 1.82) is 0 Å². The predicted octanol–water partition coefficient (Wildman–Crippen LogP) is 2.66. The second-order valence-corrected chi connectivity index (χ2v) is 3.18. The molecule has 0 aliphatic heterocycles. The maximum absolute atomic E-state index is 4.00. The molecule has 0 spiro atoms. The van der Waals surface area contributed by atoms with Crippen molar-refractivity contribution in [2.45, 2.75) is 38.5 Å². The van der Waals surface area contributed by atoms with Crippen LogP contribution in [0.2, 0.25) is 0 Å². The van der Waals surface area contributed by atoms with Crippen LogP contribution in [0.4, 0.5) is 0 Å². The Hall–Kier alpha value is -0.330. The topological polar surface area (TPSA) is 12.4 Å². The van der Waals surface area contributed by atoms with E-state index in [9.17, 15) is 0 Å². The van der Waals surface area contributed by atoms with E-state index in [1.807, 2.05) is 7.05 Å². The van der Waals surface area contributed by atoms with E-state index < -0.39 is 0 Å². The summed E-state index contributed by atoms with van der Waals surface area (Å²) >= 11 is 0. The molecule has 10 heavy (non-hydrogen) atoms. The first-order chi connectivity index (χ1) is 4.93. The maximum Gasteiger partial charge on any atom is 0.0273 e. The Labute approximate surface area is 63.5 Å². The van der Waals surface area contributed by atoms with Crippen molar-refractivity contribution in [3.05, 3.63) is 0 Å². The fraction of sp³-hybridized carbons (Fsp3) is 0.889. The molecule has 0 aromatic carbocycles. The molecule has 0 unspecified atom stereocenters. The Kier molecular flexibility index (Phi) is 3.48. The van der Waals surface area contributed by atoms with Gasteiger partial charge in [-0.1, -0.05) is 32.1 Å². The standard InChI is InChI=1S/C9H17N/c1-10-8-7-9-5-3-2-4-6-9/h8-9H,2-7H2,1H3. The molecule has 58 valence electrons. The molecule has 0 saturated heterocycles. The molecule has 0 amide bonds. The van der Waals surface area contributed by atoms with Crippen molar-refractivity contribution in [3.63, 3.8) is 0 Å². The Bertz CT molecular complexity index is 101. The van der Waals surface area contributed by atoms with Crippen LogP contribution in [0.5, 0.6) is 0 Å². The van der Waals surface area contributed by atoms with Crippen LogP contribution in [-0.4, -0.2) is 13.3 Å². The van der Waals surface area contributed by atoms with Crippen LogP contribution in [0.1, 0.15) is 38.5 Å². The Morgan fingerprint density at radius 3 is 2.60 bits per heavy atom. The minimum absolute atomic E-state index is 0.956. The maximum atomic E-state index is 4.00. The molecule has 1 nitrogen and oxygen atoms in total. The van der Waals surface area contributed by atoms with Crippen molar-refractivity contribution in [2.75, 3.05) is 7.05 Å². The SMILES string of the molecule is CN=CCC1CCCCC1. The monoisotopic (exact) mass is 139 g/mol. The lowest BCUT2D eigenvalue weighted by atomic mass is 9.87. The molecule has 1 aliphatic rings. The van der Waals surface area contributed by atoms with E-state index in [4.69, 9.17) is 0 Å². The average molecular weight is 139 g/mol. The molecule has 0 aromatic rings. The van der Waals surface area contributed by atoms with E-state index in [1.54, 1.807) is 0 Å². The number of nitrogens with zero attached hydrogens (tertiary/aromatic N) is 1.